The van der Waals surface area contributed by atoms with Crippen molar-refractivity contribution in [1.29, 1.82) is 0 Å². The minimum absolute atomic E-state index is 0.168. The van der Waals surface area contributed by atoms with Crippen molar-refractivity contribution in [3.05, 3.63) is 47.7 Å². The van der Waals surface area contributed by atoms with Crippen molar-refractivity contribution in [2.24, 2.45) is 0 Å². The second-order valence-electron chi connectivity index (χ2n) is 8.30. The van der Waals surface area contributed by atoms with E-state index >= 15 is 0 Å². The Morgan fingerprint density at radius 1 is 0.786 bits per heavy atom. The van der Waals surface area contributed by atoms with Crippen molar-refractivity contribution in [3.63, 3.8) is 0 Å². The molecule has 0 aromatic heterocycles. The zero-order valence-electron chi connectivity index (χ0n) is 19.1. The summed E-state index contributed by atoms with van der Waals surface area (Å²) in [7, 11) is 0. The molecule has 1 unspecified atom stereocenters. The molecule has 1 heteroatoms. The second kappa shape index (κ2) is 16.7. The SMILES string of the molecule is C=COC(CCCC)c1ccc(CCCCCCC)cc1CCCCCCC. The third-order valence-electron chi connectivity index (χ3n) is 5.75. The highest BCUT2D eigenvalue weighted by molar-refractivity contribution is 5.34. The fourth-order valence-corrected chi connectivity index (χ4v) is 4.00. The van der Waals surface area contributed by atoms with Crippen molar-refractivity contribution >= 4 is 0 Å². The van der Waals surface area contributed by atoms with Crippen LogP contribution in [-0.4, -0.2) is 0 Å². The number of unbranched alkanes of at least 4 members (excludes halogenated alkanes) is 9. The Kier molecular flexibility index (Phi) is 14.8. The Morgan fingerprint density at radius 3 is 2.00 bits per heavy atom. The van der Waals surface area contributed by atoms with Crippen molar-refractivity contribution in [2.45, 2.75) is 123 Å². The molecule has 0 amide bonds. The number of hydrogen-bond donors (Lipinski definition) is 0. The van der Waals surface area contributed by atoms with Crippen molar-refractivity contribution in [3.8, 4) is 0 Å². The fourth-order valence-electron chi connectivity index (χ4n) is 4.00. The quantitative estimate of drug-likeness (QED) is 0.180. The molecule has 28 heavy (non-hydrogen) atoms. The van der Waals surface area contributed by atoms with Crippen LogP contribution in [0.1, 0.15) is 127 Å². The number of aryl methyl sites for hydroxylation is 2. The van der Waals surface area contributed by atoms with Crippen LogP contribution in [0.2, 0.25) is 0 Å². The van der Waals surface area contributed by atoms with Gasteiger partial charge in [-0.25, -0.2) is 0 Å². The highest BCUT2D eigenvalue weighted by Crippen LogP contribution is 2.29. The van der Waals surface area contributed by atoms with Gasteiger partial charge in [0, 0.05) is 0 Å². The summed E-state index contributed by atoms with van der Waals surface area (Å²) < 4.78 is 5.94. The number of hydrogen-bond acceptors (Lipinski definition) is 1. The van der Waals surface area contributed by atoms with Gasteiger partial charge in [-0.3, -0.25) is 0 Å². The second-order valence-corrected chi connectivity index (χ2v) is 8.30. The molecule has 1 aromatic rings. The lowest BCUT2D eigenvalue weighted by atomic mass is 9.91. The van der Waals surface area contributed by atoms with Gasteiger partial charge in [-0.1, -0.05) is 103 Å². The van der Waals surface area contributed by atoms with Crippen molar-refractivity contribution in [2.75, 3.05) is 0 Å². The molecule has 0 spiro atoms. The normalized spacial score (nSPS) is 12.1. The Hall–Kier alpha value is -1.24. The van der Waals surface area contributed by atoms with Gasteiger partial charge in [0.2, 0.25) is 0 Å². The van der Waals surface area contributed by atoms with Gasteiger partial charge in [-0.2, -0.15) is 0 Å². The van der Waals surface area contributed by atoms with E-state index in [-0.39, 0.29) is 6.10 Å². The predicted octanol–water partition coefficient (Wildman–Crippen LogP) is 9.10. The maximum atomic E-state index is 5.94. The summed E-state index contributed by atoms with van der Waals surface area (Å²) in [6.45, 7) is 10.6. The Bertz CT molecular complexity index is 505. The van der Waals surface area contributed by atoms with E-state index < -0.39 is 0 Å². The molecule has 0 fully saturated rings. The highest BCUT2D eigenvalue weighted by atomic mass is 16.5. The lowest BCUT2D eigenvalue weighted by Crippen LogP contribution is -2.06. The van der Waals surface area contributed by atoms with E-state index in [2.05, 4.69) is 45.5 Å². The van der Waals surface area contributed by atoms with E-state index in [4.69, 9.17) is 4.74 Å². The van der Waals surface area contributed by atoms with Crippen LogP contribution in [0.3, 0.4) is 0 Å². The summed E-state index contributed by atoms with van der Waals surface area (Å²) in [6, 6.07) is 7.19. The third-order valence-corrected chi connectivity index (χ3v) is 5.75. The van der Waals surface area contributed by atoms with Crippen molar-refractivity contribution < 1.29 is 4.74 Å². The van der Waals surface area contributed by atoms with Crippen LogP contribution in [-0.2, 0) is 17.6 Å². The molecule has 1 atom stereocenters. The molecule has 1 rings (SSSR count). The average Bonchev–Trinajstić information content (AvgIpc) is 2.71. The molecule has 160 valence electrons. The highest BCUT2D eigenvalue weighted by Gasteiger charge is 2.16. The first kappa shape index (κ1) is 24.8. The summed E-state index contributed by atoms with van der Waals surface area (Å²) in [4.78, 5) is 0. The largest absolute Gasteiger partial charge is 0.494 e. The molecule has 0 saturated carbocycles. The lowest BCUT2D eigenvalue weighted by molar-refractivity contribution is 0.134. The van der Waals surface area contributed by atoms with Crippen LogP contribution in [0, 0.1) is 0 Å². The third kappa shape index (κ3) is 10.3. The van der Waals surface area contributed by atoms with E-state index in [0.717, 1.165) is 6.42 Å². The Balaban J connectivity index is 2.80. The van der Waals surface area contributed by atoms with Crippen LogP contribution in [0.15, 0.2) is 31.0 Å². The monoisotopic (exact) mass is 386 g/mol. The standard InChI is InChI=1S/C27H46O/c1-5-9-12-14-16-18-24-21-22-26(27(28-8-4)20-11-7-3)25(23-24)19-17-15-13-10-6-2/h8,21-23,27H,4-7,9-20H2,1-3H3. The zero-order valence-corrected chi connectivity index (χ0v) is 19.1. The van der Waals surface area contributed by atoms with Gasteiger partial charge in [-0.05, 0) is 55.2 Å². The summed E-state index contributed by atoms with van der Waals surface area (Å²) in [6.07, 6.45) is 21.1. The van der Waals surface area contributed by atoms with Crippen LogP contribution in [0.5, 0.6) is 0 Å². The number of ether oxygens (including phenoxy) is 1. The van der Waals surface area contributed by atoms with Gasteiger partial charge in [0.05, 0.1) is 6.26 Å². The van der Waals surface area contributed by atoms with Crippen LogP contribution >= 0.6 is 0 Å². The molecular formula is C27H46O. The molecular weight excluding hydrogens is 340 g/mol. The maximum Gasteiger partial charge on any atom is 0.123 e. The van der Waals surface area contributed by atoms with Gasteiger partial charge in [0.1, 0.15) is 6.10 Å². The summed E-state index contributed by atoms with van der Waals surface area (Å²) >= 11 is 0. The zero-order chi connectivity index (χ0) is 20.5. The van der Waals surface area contributed by atoms with E-state index in [1.54, 1.807) is 6.26 Å². The fraction of sp³-hybridized carbons (Fsp3) is 0.704. The predicted molar refractivity (Wildman–Crippen MR) is 125 cm³/mol. The summed E-state index contributed by atoms with van der Waals surface area (Å²) in [5.41, 5.74) is 4.43. The maximum absolute atomic E-state index is 5.94. The molecule has 0 aliphatic carbocycles. The number of benzene rings is 1. The molecule has 0 aliphatic rings. The molecule has 0 bridgehead atoms. The van der Waals surface area contributed by atoms with Gasteiger partial charge in [-0.15, -0.1) is 0 Å². The minimum atomic E-state index is 0.168. The van der Waals surface area contributed by atoms with E-state index in [1.807, 2.05) is 0 Å². The Morgan fingerprint density at radius 2 is 1.39 bits per heavy atom. The van der Waals surface area contributed by atoms with Crippen LogP contribution in [0.4, 0.5) is 0 Å². The summed E-state index contributed by atoms with van der Waals surface area (Å²) in [5.74, 6) is 0. The molecule has 0 saturated heterocycles. The van der Waals surface area contributed by atoms with Gasteiger partial charge < -0.3 is 4.74 Å². The van der Waals surface area contributed by atoms with Crippen molar-refractivity contribution in [1.82, 2.24) is 0 Å². The van der Waals surface area contributed by atoms with Gasteiger partial charge >= 0.3 is 0 Å². The first-order valence-corrected chi connectivity index (χ1v) is 12.1. The number of rotatable bonds is 18. The summed E-state index contributed by atoms with van der Waals surface area (Å²) in [5, 5.41) is 0. The van der Waals surface area contributed by atoms with Crippen LogP contribution < -0.4 is 0 Å². The van der Waals surface area contributed by atoms with E-state index in [0.29, 0.717) is 0 Å². The molecule has 0 N–H and O–H groups in total. The Labute approximate surface area is 176 Å². The molecule has 1 nitrogen and oxygen atoms in total. The molecule has 1 aromatic carbocycles. The van der Waals surface area contributed by atoms with Gasteiger partial charge in [0.25, 0.3) is 0 Å². The van der Waals surface area contributed by atoms with E-state index in [9.17, 15) is 0 Å². The lowest BCUT2D eigenvalue weighted by Gasteiger charge is -2.21. The molecule has 0 heterocycles. The van der Waals surface area contributed by atoms with Crippen LogP contribution in [0.25, 0.3) is 0 Å². The molecule has 0 aliphatic heterocycles. The first-order chi connectivity index (χ1) is 13.8. The first-order valence-electron chi connectivity index (χ1n) is 12.1. The van der Waals surface area contributed by atoms with E-state index in [1.165, 1.54) is 107 Å². The topological polar surface area (TPSA) is 9.23 Å². The van der Waals surface area contributed by atoms with Gasteiger partial charge in [0.15, 0.2) is 0 Å². The average molecular weight is 387 g/mol. The molecule has 0 radical (unpaired) electrons. The minimum Gasteiger partial charge on any atom is -0.494 e. The smallest absolute Gasteiger partial charge is 0.123 e.